The van der Waals surface area contributed by atoms with Crippen molar-refractivity contribution in [2.45, 2.75) is 51.6 Å². The molecule has 6 heteroatoms. The second-order valence-corrected chi connectivity index (χ2v) is 8.74. The number of likely N-dealkylation sites (tertiary alicyclic amines) is 1. The summed E-state index contributed by atoms with van der Waals surface area (Å²) in [6.45, 7) is 4.89. The van der Waals surface area contributed by atoms with Crippen LogP contribution in [0.2, 0.25) is 0 Å². The molecule has 158 valence electrons. The van der Waals surface area contributed by atoms with Crippen molar-refractivity contribution >= 4 is 17.5 Å². The molecule has 3 aliphatic rings. The third kappa shape index (κ3) is 4.98. The number of benzene rings is 1. The molecule has 4 rings (SSSR count). The standard InChI is InChI=1S/C23H32N2O4/c1-16-8-9-17(23(27)25-12-18-5-4-6-19(18)13-25)11-21(16)24-22(26)15-28-14-20-7-2-3-10-29-20/h8-9,11,18-20H,2-7,10,12-15H2,1H3,(H,24,26)/t18-,19+,20?. The lowest BCUT2D eigenvalue weighted by atomic mass is 10.0. The van der Waals surface area contributed by atoms with Gasteiger partial charge in [0.25, 0.3) is 5.91 Å². The van der Waals surface area contributed by atoms with Crippen LogP contribution in [0.15, 0.2) is 18.2 Å². The number of rotatable bonds is 6. The minimum Gasteiger partial charge on any atom is -0.376 e. The van der Waals surface area contributed by atoms with Crippen LogP contribution in [0, 0.1) is 18.8 Å². The number of anilines is 1. The molecule has 1 N–H and O–H groups in total. The quantitative estimate of drug-likeness (QED) is 0.795. The van der Waals surface area contributed by atoms with Gasteiger partial charge in [0, 0.05) is 30.9 Å². The van der Waals surface area contributed by atoms with Crippen molar-refractivity contribution in [3.05, 3.63) is 29.3 Å². The van der Waals surface area contributed by atoms with Crippen molar-refractivity contribution in [3.8, 4) is 0 Å². The number of aryl methyl sites for hydroxylation is 1. The molecule has 0 radical (unpaired) electrons. The van der Waals surface area contributed by atoms with Gasteiger partial charge in [-0.1, -0.05) is 12.5 Å². The first-order valence-corrected chi connectivity index (χ1v) is 11.0. The summed E-state index contributed by atoms with van der Waals surface area (Å²) in [5, 5.41) is 2.90. The third-order valence-electron chi connectivity index (χ3n) is 6.58. The largest absolute Gasteiger partial charge is 0.376 e. The minimum absolute atomic E-state index is 0.00699. The molecule has 2 heterocycles. The van der Waals surface area contributed by atoms with E-state index < -0.39 is 0 Å². The van der Waals surface area contributed by atoms with Crippen molar-refractivity contribution in [2.24, 2.45) is 11.8 Å². The van der Waals surface area contributed by atoms with Gasteiger partial charge in [0.05, 0.1) is 12.7 Å². The minimum atomic E-state index is -0.204. The van der Waals surface area contributed by atoms with Crippen LogP contribution in [-0.2, 0) is 14.3 Å². The molecule has 2 amide bonds. The highest BCUT2D eigenvalue weighted by Crippen LogP contribution is 2.38. The Bertz CT molecular complexity index is 732. The van der Waals surface area contributed by atoms with Crippen molar-refractivity contribution < 1.29 is 19.1 Å². The Morgan fingerprint density at radius 2 is 1.93 bits per heavy atom. The topological polar surface area (TPSA) is 67.9 Å². The molecule has 0 aromatic heterocycles. The second-order valence-electron chi connectivity index (χ2n) is 8.74. The van der Waals surface area contributed by atoms with Crippen molar-refractivity contribution in [2.75, 3.05) is 38.2 Å². The summed E-state index contributed by atoms with van der Waals surface area (Å²) in [7, 11) is 0. The number of nitrogens with one attached hydrogen (secondary N) is 1. The smallest absolute Gasteiger partial charge is 0.253 e. The molecule has 3 fully saturated rings. The molecule has 0 bridgehead atoms. The molecule has 2 saturated heterocycles. The number of fused-ring (bicyclic) bond motifs is 1. The lowest BCUT2D eigenvalue weighted by Crippen LogP contribution is -2.30. The van der Waals surface area contributed by atoms with E-state index in [4.69, 9.17) is 9.47 Å². The number of carbonyl (C=O) groups excluding carboxylic acids is 2. The van der Waals surface area contributed by atoms with E-state index in [1.807, 2.05) is 24.0 Å². The lowest BCUT2D eigenvalue weighted by molar-refractivity contribution is -0.122. The first kappa shape index (κ1) is 20.4. The third-order valence-corrected chi connectivity index (χ3v) is 6.58. The van der Waals surface area contributed by atoms with Crippen LogP contribution in [0.1, 0.15) is 54.4 Å². The number of carbonyl (C=O) groups is 2. The van der Waals surface area contributed by atoms with Crippen LogP contribution in [0.25, 0.3) is 0 Å². The van der Waals surface area contributed by atoms with Gasteiger partial charge in [0.1, 0.15) is 6.61 Å². The van der Waals surface area contributed by atoms with Crippen LogP contribution in [0.4, 0.5) is 5.69 Å². The first-order valence-electron chi connectivity index (χ1n) is 11.0. The molecular weight excluding hydrogens is 368 g/mol. The highest BCUT2D eigenvalue weighted by molar-refractivity contribution is 5.98. The summed E-state index contributed by atoms with van der Waals surface area (Å²) in [6, 6.07) is 5.56. The molecule has 1 aromatic carbocycles. The molecule has 1 aromatic rings. The van der Waals surface area contributed by atoms with Crippen molar-refractivity contribution in [1.82, 2.24) is 4.90 Å². The Morgan fingerprint density at radius 3 is 2.66 bits per heavy atom. The van der Waals surface area contributed by atoms with Gasteiger partial charge in [-0.25, -0.2) is 0 Å². The highest BCUT2D eigenvalue weighted by atomic mass is 16.5. The van der Waals surface area contributed by atoms with Crippen LogP contribution in [0.5, 0.6) is 0 Å². The molecule has 2 aliphatic heterocycles. The van der Waals surface area contributed by atoms with E-state index in [9.17, 15) is 9.59 Å². The van der Waals surface area contributed by atoms with Crippen LogP contribution >= 0.6 is 0 Å². The van der Waals surface area contributed by atoms with Gasteiger partial charge in [-0.3, -0.25) is 9.59 Å². The first-order chi connectivity index (χ1) is 14.1. The molecule has 1 unspecified atom stereocenters. The summed E-state index contributed by atoms with van der Waals surface area (Å²) in [4.78, 5) is 27.2. The van der Waals surface area contributed by atoms with E-state index in [1.165, 1.54) is 19.3 Å². The normalized spacial score (nSPS) is 26.4. The van der Waals surface area contributed by atoms with E-state index in [0.29, 0.717) is 29.7 Å². The monoisotopic (exact) mass is 400 g/mol. The number of amides is 2. The van der Waals surface area contributed by atoms with E-state index in [1.54, 1.807) is 6.07 Å². The lowest BCUT2D eigenvalue weighted by Gasteiger charge is -2.22. The second kappa shape index (κ2) is 9.26. The highest BCUT2D eigenvalue weighted by Gasteiger charge is 2.38. The van der Waals surface area contributed by atoms with Crippen LogP contribution in [0.3, 0.4) is 0 Å². The fourth-order valence-corrected chi connectivity index (χ4v) is 4.88. The summed E-state index contributed by atoms with van der Waals surface area (Å²) in [6.07, 6.45) is 7.13. The van der Waals surface area contributed by atoms with Crippen LogP contribution in [-0.4, -0.2) is 55.7 Å². The zero-order valence-electron chi connectivity index (χ0n) is 17.3. The number of ether oxygens (including phenoxy) is 2. The van der Waals surface area contributed by atoms with E-state index in [2.05, 4.69) is 5.32 Å². The zero-order chi connectivity index (χ0) is 20.2. The predicted octanol–water partition coefficient (Wildman–Crippen LogP) is 3.39. The average molecular weight is 401 g/mol. The van der Waals surface area contributed by atoms with E-state index >= 15 is 0 Å². The molecule has 1 aliphatic carbocycles. The maximum atomic E-state index is 12.9. The number of nitrogens with zero attached hydrogens (tertiary/aromatic N) is 1. The van der Waals surface area contributed by atoms with Gasteiger partial charge in [0.2, 0.25) is 5.91 Å². The number of hydrogen-bond acceptors (Lipinski definition) is 4. The van der Waals surface area contributed by atoms with Gasteiger partial charge >= 0.3 is 0 Å². The fraction of sp³-hybridized carbons (Fsp3) is 0.652. The molecule has 0 spiro atoms. The Labute approximate surface area is 172 Å². The summed E-state index contributed by atoms with van der Waals surface area (Å²) in [5.74, 6) is 1.22. The molecule has 6 nitrogen and oxygen atoms in total. The summed E-state index contributed by atoms with van der Waals surface area (Å²) in [5.41, 5.74) is 2.25. The molecule has 1 saturated carbocycles. The van der Waals surface area contributed by atoms with Gasteiger partial charge in [-0.05, 0) is 68.6 Å². The van der Waals surface area contributed by atoms with Gasteiger partial charge in [-0.2, -0.15) is 0 Å². The predicted molar refractivity (Wildman–Crippen MR) is 111 cm³/mol. The van der Waals surface area contributed by atoms with Crippen molar-refractivity contribution in [3.63, 3.8) is 0 Å². The Kier molecular flexibility index (Phi) is 6.50. The maximum absolute atomic E-state index is 12.9. The molecule has 29 heavy (non-hydrogen) atoms. The van der Waals surface area contributed by atoms with Crippen molar-refractivity contribution in [1.29, 1.82) is 0 Å². The average Bonchev–Trinajstić information content (AvgIpc) is 3.32. The maximum Gasteiger partial charge on any atom is 0.253 e. The summed E-state index contributed by atoms with van der Waals surface area (Å²) < 4.78 is 11.2. The Morgan fingerprint density at radius 1 is 1.14 bits per heavy atom. The number of hydrogen-bond donors (Lipinski definition) is 1. The van der Waals surface area contributed by atoms with Crippen LogP contribution < -0.4 is 5.32 Å². The zero-order valence-corrected chi connectivity index (χ0v) is 17.3. The molecular formula is C23H32N2O4. The SMILES string of the molecule is Cc1ccc(C(=O)N2C[C@H]3CCC[C@H]3C2)cc1NC(=O)COCC1CCCCO1. The van der Waals surface area contributed by atoms with Gasteiger partial charge in [-0.15, -0.1) is 0 Å². The van der Waals surface area contributed by atoms with E-state index in [-0.39, 0.29) is 24.5 Å². The molecule has 3 atom stereocenters. The Hall–Kier alpha value is -1.92. The van der Waals surface area contributed by atoms with Gasteiger partial charge < -0.3 is 19.7 Å². The van der Waals surface area contributed by atoms with Gasteiger partial charge in [0.15, 0.2) is 0 Å². The Balaban J connectivity index is 1.30. The summed E-state index contributed by atoms with van der Waals surface area (Å²) >= 11 is 0. The fourth-order valence-electron chi connectivity index (χ4n) is 4.88. The van der Waals surface area contributed by atoms with E-state index in [0.717, 1.165) is 44.5 Å².